The minimum Gasteiger partial charge on any atom is -0.331 e. The molecular formula is C12H14N2O. The van der Waals surface area contributed by atoms with Crippen molar-refractivity contribution < 1.29 is 4.79 Å². The van der Waals surface area contributed by atoms with Crippen molar-refractivity contribution in [1.29, 1.82) is 0 Å². The summed E-state index contributed by atoms with van der Waals surface area (Å²) in [5.41, 5.74) is 2.02. The van der Waals surface area contributed by atoms with Gasteiger partial charge in [0.2, 0.25) is 0 Å². The third-order valence-corrected chi connectivity index (χ3v) is 2.82. The van der Waals surface area contributed by atoms with Gasteiger partial charge in [-0.25, -0.2) is 4.98 Å². The van der Waals surface area contributed by atoms with Crippen LogP contribution in [0.3, 0.4) is 0 Å². The van der Waals surface area contributed by atoms with Crippen LogP contribution >= 0.6 is 0 Å². The molecule has 1 unspecified atom stereocenters. The van der Waals surface area contributed by atoms with Crippen molar-refractivity contribution in [2.75, 3.05) is 0 Å². The van der Waals surface area contributed by atoms with Crippen LogP contribution in [0.4, 0.5) is 0 Å². The highest BCUT2D eigenvalue weighted by molar-refractivity contribution is 5.84. The molecule has 2 aromatic rings. The van der Waals surface area contributed by atoms with Gasteiger partial charge in [-0.3, -0.25) is 4.79 Å². The monoisotopic (exact) mass is 202 g/mol. The first-order chi connectivity index (χ1) is 7.11. The number of Topliss-reactive ketones (excluding diaryl/α,β-unsaturated/α-hetero) is 1. The van der Waals surface area contributed by atoms with Crippen LogP contribution in [0.15, 0.2) is 24.3 Å². The van der Waals surface area contributed by atoms with E-state index in [0.717, 1.165) is 16.9 Å². The fourth-order valence-corrected chi connectivity index (χ4v) is 1.73. The highest BCUT2D eigenvalue weighted by atomic mass is 16.1. The van der Waals surface area contributed by atoms with E-state index in [1.54, 1.807) is 6.92 Å². The molecule has 0 spiro atoms. The average molecular weight is 202 g/mol. The first-order valence-electron chi connectivity index (χ1n) is 5.03. The van der Waals surface area contributed by atoms with E-state index >= 15 is 0 Å². The normalized spacial score (nSPS) is 13.0. The van der Waals surface area contributed by atoms with Crippen LogP contribution in [0.25, 0.3) is 11.0 Å². The van der Waals surface area contributed by atoms with Crippen molar-refractivity contribution >= 4 is 16.8 Å². The van der Waals surface area contributed by atoms with Gasteiger partial charge in [-0.15, -0.1) is 0 Å². The van der Waals surface area contributed by atoms with Gasteiger partial charge in [0.1, 0.15) is 11.6 Å². The number of aryl methyl sites for hydroxylation is 1. The number of carbonyl (C=O) groups is 1. The van der Waals surface area contributed by atoms with E-state index < -0.39 is 0 Å². The summed E-state index contributed by atoms with van der Waals surface area (Å²) in [4.78, 5) is 15.8. The molecule has 0 aliphatic heterocycles. The molecule has 0 N–H and O–H groups in total. The van der Waals surface area contributed by atoms with Crippen LogP contribution in [-0.4, -0.2) is 15.3 Å². The van der Waals surface area contributed by atoms with Gasteiger partial charge >= 0.3 is 0 Å². The Labute approximate surface area is 88.7 Å². The lowest BCUT2D eigenvalue weighted by Crippen LogP contribution is -2.10. The van der Waals surface area contributed by atoms with E-state index in [2.05, 4.69) is 4.98 Å². The number of carbonyl (C=O) groups excluding carboxylic acids is 1. The van der Waals surface area contributed by atoms with Crippen LogP contribution in [0, 0.1) is 0 Å². The molecule has 0 bridgehead atoms. The van der Waals surface area contributed by atoms with Crippen LogP contribution in [0.2, 0.25) is 0 Å². The molecular weight excluding hydrogens is 188 g/mol. The fraction of sp³-hybridized carbons (Fsp3) is 0.333. The third-order valence-electron chi connectivity index (χ3n) is 2.82. The molecule has 0 aliphatic carbocycles. The number of nitrogens with zero attached hydrogens (tertiary/aromatic N) is 2. The molecule has 1 atom stereocenters. The minimum atomic E-state index is -0.137. The Hall–Kier alpha value is -1.64. The van der Waals surface area contributed by atoms with Crippen molar-refractivity contribution in [3.8, 4) is 0 Å². The first-order valence-corrected chi connectivity index (χ1v) is 5.03. The second-order valence-corrected chi connectivity index (χ2v) is 3.85. The maximum atomic E-state index is 11.3. The van der Waals surface area contributed by atoms with Crippen LogP contribution < -0.4 is 0 Å². The predicted molar refractivity (Wildman–Crippen MR) is 59.8 cm³/mol. The summed E-state index contributed by atoms with van der Waals surface area (Å²) >= 11 is 0. The maximum absolute atomic E-state index is 11.3. The number of ketones is 1. The summed E-state index contributed by atoms with van der Waals surface area (Å²) in [6.45, 7) is 3.49. The molecule has 2 rings (SSSR count). The lowest BCUT2D eigenvalue weighted by molar-refractivity contribution is -0.118. The van der Waals surface area contributed by atoms with Gasteiger partial charge < -0.3 is 4.57 Å². The van der Waals surface area contributed by atoms with Crippen LogP contribution in [0.5, 0.6) is 0 Å². The number of imidazole rings is 1. The molecule has 15 heavy (non-hydrogen) atoms. The van der Waals surface area contributed by atoms with Gasteiger partial charge in [0, 0.05) is 7.05 Å². The number of hydrogen-bond acceptors (Lipinski definition) is 2. The highest BCUT2D eigenvalue weighted by Gasteiger charge is 2.17. The van der Waals surface area contributed by atoms with Crippen molar-refractivity contribution in [1.82, 2.24) is 9.55 Å². The average Bonchev–Trinajstić information content (AvgIpc) is 2.56. The number of hydrogen-bond donors (Lipinski definition) is 0. The van der Waals surface area contributed by atoms with Crippen molar-refractivity contribution in [2.24, 2.45) is 7.05 Å². The summed E-state index contributed by atoms with van der Waals surface area (Å²) in [5, 5.41) is 0. The van der Waals surface area contributed by atoms with Gasteiger partial charge in [-0.1, -0.05) is 12.1 Å². The number of para-hydroxylation sites is 2. The number of aromatic nitrogens is 2. The second-order valence-electron chi connectivity index (χ2n) is 3.85. The van der Waals surface area contributed by atoms with Crippen molar-refractivity contribution in [3.63, 3.8) is 0 Å². The summed E-state index contributed by atoms with van der Waals surface area (Å²) < 4.78 is 1.99. The Morgan fingerprint density at radius 2 is 2.07 bits per heavy atom. The Bertz CT molecular complexity index is 513. The lowest BCUT2D eigenvalue weighted by Gasteiger charge is -2.07. The molecule has 0 saturated heterocycles. The molecule has 78 valence electrons. The molecule has 3 heteroatoms. The first kappa shape index (κ1) is 9.90. The zero-order valence-electron chi connectivity index (χ0n) is 9.19. The largest absolute Gasteiger partial charge is 0.331 e. The van der Waals surface area contributed by atoms with Gasteiger partial charge in [0.25, 0.3) is 0 Å². The SMILES string of the molecule is CC(=O)C(C)c1nc2ccccc2n1C. The zero-order chi connectivity index (χ0) is 11.0. The smallest absolute Gasteiger partial charge is 0.140 e. The number of rotatable bonds is 2. The Morgan fingerprint density at radius 3 is 2.67 bits per heavy atom. The summed E-state index contributed by atoms with van der Waals surface area (Å²) in [7, 11) is 1.95. The number of fused-ring (bicyclic) bond motifs is 1. The molecule has 0 amide bonds. The predicted octanol–water partition coefficient (Wildman–Crippen LogP) is 2.27. The van der Waals surface area contributed by atoms with Gasteiger partial charge in [-0.2, -0.15) is 0 Å². The van der Waals surface area contributed by atoms with Gasteiger partial charge in [0.15, 0.2) is 0 Å². The Balaban J connectivity index is 2.63. The molecule has 0 radical (unpaired) electrons. The van der Waals surface area contributed by atoms with E-state index in [-0.39, 0.29) is 11.7 Å². The second kappa shape index (κ2) is 3.50. The molecule has 0 saturated carbocycles. The lowest BCUT2D eigenvalue weighted by atomic mass is 10.1. The Kier molecular flexibility index (Phi) is 2.31. The molecule has 0 aliphatic rings. The quantitative estimate of drug-likeness (QED) is 0.748. The van der Waals surface area contributed by atoms with E-state index in [1.807, 2.05) is 42.8 Å². The minimum absolute atomic E-state index is 0.137. The van der Waals surface area contributed by atoms with Crippen LogP contribution in [-0.2, 0) is 11.8 Å². The van der Waals surface area contributed by atoms with E-state index in [0.29, 0.717) is 0 Å². The van der Waals surface area contributed by atoms with Gasteiger partial charge in [0.05, 0.1) is 17.0 Å². The molecule has 1 aromatic carbocycles. The topological polar surface area (TPSA) is 34.9 Å². The maximum Gasteiger partial charge on any atom is 0.140 e. The zero-order valence-corrected chi connectivity index (χ0v) is 9.19. The number of benzene rings is 1. The van der Waals surface area contributed by atoms with Crippen molar-refractivity contribution in [2.45, 2.75) is 19.8 Å². The highest BCUT2D eigenvalue weighted by Crippen LogP contribution is 2.20. The van der Waals surface area contributed by atoms with Crippen molar-refractivity contribution in [3.05, 3.63) is 30.1 Å². The third kappa shape index (κ3) is 1.54. The molecule has 0 fully saturated rings. The van der Waals surface area contributed by atoms with E-state index in [4.69, 9.17) is 0 Å². The summed E-state index contributed by atoms with van der Waals surface area (Å²) in [6, 6.07) is 7.91. The molecule has 3 nitrogen and oxygen atoms in total. The fourth-order valence-electron chi connectivity index (χ4n) is 1.73. The van der Waals surface area contributed by atoms with Gasteiger partial charge in [-0.05, 0) is 26.0 Å². The summed E-state index contributed by atoms with van der Waals surface area (Å²) in [5.74, 6) is 0.847. The molecule has 1 heterocycles. The van der Waals surface area contributed by atoms with Crippen LogP contribution in [0.1, 0.15) is 25.6 Å². The van der Waals surface area contributed by atoms with E-state index in [1.165, 1.54) is 0 Å². The van der Waals surface area contributed by atoms with E-state index in [9.17, 15) is 4.79 Å². The standard InChI is InChI=1S/C12H14N2O/c1-8(9(2)15)12-13-10-6-4-5-7-11(10)14(12)3/h4-8H,1-3H3. The summed E-state index contributed by atoms with van der Waals surface area (Å²) in [6.07, 6.45) is 0. The molecule has 1 aromatic heterocycles. The Morgan fingerprint density at radius 1 is 1.40 bits per heavy atom.